The van der Waals surface area contributed by atoms with Crippen molar-refractivity contribution in [3.8, 4) is 0 Å². The molecule has 0 aromatic carbocycles. The zero-order valence-corrected chi connectivity index (χ0v) is 15.2. The molecule has 1 aliphatic rings. The lowest BCUT2D eigenvalue weighted by atomic mass is 9.87. The summed E-state index contributed by atoms with van der Waals surface area (Å²) in [6.45, 7) is 9.51. The second kappa shape index (κ2) is 7.78. The van der Waals surface area contributed by atoms with Crippen molar-refractivity contribution in [2.24, 2.45) is 5.92 Å². The van der Waals surface area contributed by atoms with E-state index in [2.05, 4.69) is 19.6 Å². The van der Waals surface area contributed by atoms with Gasteiger partial charge < -0.3 is 18.6 Å². The van der Waals surface area contributed by atoms with Crippen LogP contribution < -0.4 is 0 Å². The van der Waals surface area contributed by atoms with Crippen molar-refractivity contribution in [1.29, 1.82) is 0 Å². The van der Waals surface area contributed by atoms with Crippen LogP contribution in [0.1, 0.15) is 20.3 Å². The second-order valence-electron chi connectivity index (χ2n) is 6.18. The molecule has 0 bridgehead atoms. The van der Waals surface area contributed by atoms with Gasteiger partial charge in [-0.3, -0.25) is 9.59 Å². The topological polar surface area (TPSA) is 71.1 Å². The fraction of sp³-hybridized carbons (Fsp3) is 0.733. The lowest BCUT2D eigenvalue weighted by molar-refractivity contribution is -0.167. The first kappa shape index (κ1) is 18.7. The van der Waals surface area contributed by atoms with E-state index in [1.165, 1.54) is 14.0 Å². The van der Waals surface area contributed by atoms with Crippen LogP contribution in [0, 0.1) is 5.92 Å². The van der Waals surface area contributed by atoms with E-state index >= 15 is 0 Å². The number of carbonyl (C=O) groups is 2. The molecule has 0 aromatic heterocycles. The molecule has 1 aliphatic carbocycles. The predicted octanol–water partition coefficient (Wildman–Crippen LogP) is 2.25. The molecule has 6 nitrogen and oxygen atoms in total. The van der Waals surface area contributed by atoms with Gasteiger partial charge in [-0.2, -0.15) is 0 Å². The summed E-state index contributed by atoms with van der Waals surface area (Å²) in [4.78, 5) is 23.6. The molecule has 126 valence electrons. The third-order valence-corrected chi connectivity index (χ3v) is 3.97. The summed E-state index contributed by atoms with van der Waals surface area (Å²) in [6, 6.07) is 0. The Hall–Kier alpha value is -1.34. The van der Waals surface area contributed by atoms with Crippen molar-refractivity contribution in [3.63, 3.8) is 0 Å². The number of esters is 2. The van der Waals surface area contributed by atoms with Gasteiger partial charge in [0.2, 0.25) is 8.32 Å². The first-order valence-corrected chi connectivity index (χ1v) is 10.8. The van der Waals surface area contributed by atoms with E-state index in [-0.39, 0.29) is 6.61 Å². The summed E-state index contributed by atoms with van der Waals surface area (Å²) < 4.78 is 21.8. The molecule has 0 unspecified atom stereocenters. The van der Waals surface area contributed by atoms with Gasteiger partial charge in [-0.15, -0.1) is 0 Å². The normalized spacial score (nSPS) is 25.2. The van der Waals surface area contributed by atoms with E-state index in [0.29, 0.717) is 12.2 Å². The molecule has 0 radical (unpaired) electrons. The minimum absolute atomic E-state index is 0.264. The smallest absolute Gasteiger partial charge is 0.315 e. The van der Waals surface area contributed by atoms with Crippen LogP contribution in [0.25, 0.3) is 0 Å². The van der Waals surface area contributed by atoms with Crippen LogP contribution in [0.15, 0.2) is 11.8 Å². The summed E-state index contributed by atoms with van der Waals surface area (Å²) in [5.74, 6) is -0.840. The van der Waals surface area contributed by atoms with E-state index in [0.717, 1.165) is 0 Å². The summed E-state index contributed by atoms with van der Waals surface area (Å²) in [6.07, 6.45) is 0.967. The molecule has 0 spiro atoms. The van der Waals surface area contributed by atoms with Gasteiger partial charge in [0.05, 0.1) is 18.5 Å². The van der Waals surface area contributed by atoms with Gasteiger partial charge in [0.15, 0.2) is 0 Å². The van der Waals surface area contributed by atoms with Gasteiger partial charge in [0, 0.05) is 20.5 Å². The minimum Gasteiger partial charge on any atom is -0.547 e. The standard InChI is InChI=1S/C15H26O6Si/c1-7-19-15(17)14-12(18-3)8-11(21-22(4,5)6)9-13(14)20-10(2)16/h8,12-14H,7,9H2,1-6H3/t12-,13+,14+/m1/s1. The summed E-state index contributed by atoms with van der Waals surface area (Å²) >= 11 is 0. The van der Waals surface area contributed by atoms with Gasteiger partial charge >= 0.3 is 11.9 Å². The maximum atomic E-state index is 12.2. The van der Waals surface area contributed by atoms with Crippen LogP contribution in [0.4, 0.5) is 0 Å². The van der Waals surface area contributed by atoms with E-state index < -0.39 is 38.4 Å². The average molecular weight is 330 g/mol. The highest BCUT2D eigenvalue weighted by atomic mass is 28.4. The van der Waals surface area contributed by atoms with Gasteiger partial charge in [-0.25, -0.2) is 0 Å². The van der Waals surface area contributed by atoms with Crippen LogP contribution in [-0.2, 0) is 28.2 Å². The molecule has 0 aliphatic heterocycles. The third kappa shape index (κ3) is 5.45. The van der Waals surface area contributed by atoms with Crippen LogP contribution in [0.5, 0.6) is 0 Å². The highest BCUT2D eigenvalue weighted by Gasteiger charge is 2.43. The van der Waals surface area contributed by atoms with Crippen LogP contribution in [0.2, 0.25) is 19.6 Å². The first-order chi connectivity index (χ1) is 10.2. The Morgan fingerprint density at radius 3 is 2.41 bits per heavy atom. The molecule has 1 rings (SSSR count). The Labute approximate surface area is 132 Å². The lowest BCUT2D eigenvalue weighted by Crippen LogP contribution is -2.45. The van der Waals surface area contributed by atoms with Gasteiger partial charge in [0.1, 0.15) is 12.0 Å². The Balaban J connectivity index is 3.06. The Kier molecular flexibility index (Phi) is 6.61. The molecular formula is C15H26O6Si. The lowest BCUT2D eigenvalue weighted by Gasteiger charge is -2.35. The number of rotatable bonds is 6. The Morgan fingerprint density at radius 1 is 1.32 bits per heavy atom. The quantitative estimate of drug-likeness (QED) is 0.549. The second-order valence-corrected chi connectivity index (χ2v) is 10.6. The third-order valence-electron chi connectivity index (χ3n) is 3.09. The van der Waals surface area contributed by atoms with Gasteiger partial charge in [-0.05, 0) is 32.6 Å². The molecule has 0 saturated heterocycles. The highest BCUT2D eigenvalue weighted by Crippen LogP contribution is 2.32. The molecule has 0 saturated carbocycles. The first-order valence-electron chi connectivity index (χ1n) is 7.44. The van der Waals surface area contributed by atoms with Crippen LogP contribution in [-0.4, -0.2) is 46.2 Å². The van der Waals surface area contributed by atoms with Crippen LogP contribution in [0.3, 0.4) is 0 Å². The SMILES string of the molecule is CCOC(=O)[C@@H]1[C@@H](OC(C)=O)CC(O[Si](C)(C)C)=C[C@H]1OC. The number of hydrogen-bond donors (Lipinski definition) is 0. The van der Waals surface area contributed by atoms with E-state index in [4.69, 9.17) is 18.6 Å². The molecule has 0 N–H and O–H groups in total. The van der Waals surface area contributed by atoms with Gasteiger partial charge in [-0.1, -0.05) is 0 Å². The van der Waals surface area contributed by atoms with Crippen LogP contribution >= 0.6 is 0 Å². The fourth-order valence-electron chi connectivity index (χ4n) is 2.43. The molecule has 0 fully saturated rings. The highest BCUT2D eigenvalue weighted by molar-refractivity contribution is 6.70. The maximum Gasteiger partial charge on any atom is 0.315 e. The average Bonchev–Trinajstić information content (AvgIpc) is 2.35. The number of carbonyl (C=O) groups excluding carboxylic acids is 2. The number of methoxy groups -OCH3 is 1. The summed E-state index contributed by atoms with van der Waals surface area (Å²) in [5, 5.41) is 0. The van der Waals surface area contributed by atoms with Crippen molar-refractivity contribution in [3.05, 3.63) is 11.8 Å². The van der Waals surface area contributed by atoms with E-state index in [1.54, 1.807) is 13.0 Å². The molecule has 22 heavy (non-hydrogen) atoms. The maximum absolute atomic E-state index is 12.2. The fourth-order valence-corrected chi connectivity index (χ4v) is 3.37. The molecule has 3 atom stereocenters. The summed E-state index contributed by atoms with van der Waals surface area (Å²) in [7, 11) is -0.292. The van der Waals surface area contributed by atoms with Crippen molar-refractivity contribution in [2.75, 3.05) is 13.7 Å². The predicted molar refractivity (Wildman–Crippen MR) is 83.6 cm³/mol. The zero-order chi connectivity index (χ0) is 16.9. The molecular weight excluding hydrogens is 304 g/mol. The number of hydrogen-bond acceptors (Lipinski definition) is 6. The molecule has 0 aromatic rings. The van der Waals surface area contributed by atoms with Gasteiger partial charge in [0.25, 0.3) is 0 Å². The van der Waals surface area contributed by atoms with Crippen molar-refractivity contribution >= 4 is 20.3 Å². The van der Waals surface area contributed by atoms with Crippen molar-refractivity contribution < 1.29 is 28.2 Å². The van der Waals surface area contributed by atoms with E-state index in [1.807, 2.05) is 0 Å². The summed E-state index contributed by atoms with van der Waals surface area (Å²) in [5.41, 5.74) is 0. The molecule has 7 heteroatoms. The zero-order valence-electron chi connectivity index (χ0n) is 14.2. The monoisotopic (exact) mass is 330 g/mol. The van der Waals surface area contributed by atoms with E-state index in [9.17, 15) is 9.59 Å². The molecule has 0 heterocycles. The molecule has 0 amide bonds. The largest absolute Gasteiger partial charge is 0.547 e. The number of ether oxygens (including phenoxy) is 3. The Morgan fingerprint density at radius 2 is 1.95 bits per heavy atom. The van der Waals surface area contributed by atoms with Crippen molar-refractivity contribution in [1.82, 2.24) is 0 Å². The van der Waals surface area contributed by atoms with Crippen molar-refractivity contribution in [2.45, 2.75) is 52.1 Å². The minimum atomic E-state index is -1.80. The Bertz CT molecular complexity index is 440.